The molecule has 29 heavy (non-hydrogen) atoms. The smallest absolute Gasteiger partial charge is 0.368 e. The summed E-state index contributed by atoms with van der Waals surface area (Å²) < 4.78 is 38.6. The van der Waals surface area contributed by atoms with Gasteiger partial charge in [-0.05, 0) is 24.3 Å². The summed E-state index contributed by atoms with van der Waals surface area (Å²) in [4.78, 5) is 27.9. The summed E-state index contributed by atoms with van der Waals surface area (Å²) in [6, 6.07) is 8.94. The Morgan fingerprint density at radius 3 is 2.62 bits per heavy atom. The van der Waals surface area contributed by atoms with Gasteiger partial charge in [-0.2, -0.15) is 13.2 Å². The van der Waals surface area contributed by atoms with Crippen LogP contribution in [-0.4, -0.2) is 39.0 Å². The Morgan fingerprint density at radius 2 is 1.90 bits per heavy atom. The second-order valence-electron chi connectivity index (χ2n) is 6.09. The van der Waals surface area contributed by atoms with E-state index in [1.54, 1.807) is 24.3 Å². The average molecular weight is 406 g/mol. The van der Waals surface area contributed by atoms with E-state index in [0.29, 0.717) is 10.9 Å². The minimum Gasteiger partial charge on any atom is -0.368 e. The van der Waals surface area contributed by atoms with Crippen LogP contribution in [0.4, 0.5) is 19.0 Å². The number of fused-ring (bicyclic) bond motifs is 1. The molecule has 0 spiro atoms. The third-order valence-electron chi connectivity index (χ3n) is 4.02. The minimum absolute atomic E-state index is 0.0332. The fourth-order valence-corrected chi connectivity index (χ4v) is 2.52. The molecular formula is C18H17F3N6O2. The maximum absolute atomic E-state index is 12.5. The van der Waals surface area contributed by atoms with Crippen molar-refractivity contribution in [2.45, 2.75) is 19.1 Å². The number of halogens is 3. The monoisotopic (exact) mass is 406 g/mol. The first-order valence-corrected chi connectivity index (χ1v) is 8.71. The lowest BCUT2D eigenvalue weighted by Crippen LogP contribution is -2.31. The number of benzene rings is 1. The average Bonchev–Trinajstić information content (AvgIpc) is 2.70. The van der Waals surface area contributed by atoms with Crippen molar-refractivity contribution < 1.29 is 18.0 Å². The maximum atomic E-state index is 12.5. The van der Waals surface area contributed by atoms with Gasteiger partial charge in [-0.15, -0.1) is 5.10 Å². The first-order chi connectivity index (χ1) is 13.8. The molecule has 0 fully saturated rings. The van der Waals surface area contributed by atoms with E-state index < -0.39 is 11.7 Å². The number of hydrogen-bond donors (Lipinski definition) is 2. The number of hydrogen-bond acceptors (Lipinski definition) is 6. The van der Waals surface area contributed by atoms with Crippen molar-refractivity contribution in [1.82, 2.24) is 25.3 Å². The number of alkyl halides is 3. The molecule has 0 aliphatic heterocycles. The lowest BCUT2D eigenvalue weighted by atomic mass is 10.2. The maximum Gasteiger partial charge on any atom is 0.417 e. The Bertz CT molecular complexity index is 1050. The first-order valence-electron chi connectivity index (χ1n) is 8.71. The molecule has 0 saturated heterocycles. The molecule has 2 heterocycles. The molecule has 0 radical (unpaired) electrons. The molecule has 3 rings (SSSR count). The molecule has 1 aromatic carbocycles. The molecular weight excluding hydrogens is 389 g/mol. The second kappa shape index (κ2) is 8.67. The zero-order valence-corrected chi connectivity index (χ0v) is 15.1. The number of carbonyl (C=O) groups is 1. The van der Waals surface area contributed by atoms with Gasteiger partial charge in [0, 0.05) is 25.7 Å². The van der Waals surface area contributed by atoms with E-state index in [2.05, 4.69) is 25.9 Å². The van der Waals surface area contributed by atoms with E-state index in [4.69, 9.17) is 0 Å². The van der Waals surface area contributed by atoms with Crippen LogP contribution in [0.1, 0.15) is 12.0 Å². The normalized spacial score (nSPS) is 11.4. The van der Waals surface area contributed by atoms with Gasteiger partial charge in [0.25, 0.3) is 5.56 Å². The Kier molecular flexibility index (Phi) is 6.05. The molecule has 152 valence electrons. The highest BCUT2D eigenvalue weighted by molar-refractivity contribution is 5.77. The van der Waals surface area contributed by atoms with Crippen molar-refractivity contribution in [2.75, 3.05) is 18.4 Å². The first kappa shape index (κ1) is 20.2. The van der Waals surface area contributed by atoms with Gasteiger partial charge < -0.3 is 10.6 Å². The Morgan fingerprint density at radius 1 is 1.10 bits per heavy atom. The summed E-state index contributed by atoms with van der Waals surface area (Å²) in [6.45, 7) is 0.593. The second-order valence-corrected chi connectivity index (χ2v) is 6.09. The van der Waals surface area contributed by atoms with Gasteiger partial charge in [-0.3, -0.25) is 9.59 Å². The Labute approximate surface area is 162 Å². The number of nitrogens with zero attached hydrogens (tertiary/aromatic N) is 4. The number of aromatic nitrogens is 4. The molecule has 11 heteroatoms. The van der Waals surface area contributed by atoms with Crippen LogP contribution < -0.4 is 16.2 Å². The zero-order chi connectivity index (χ0) is 20.9. The molecule has 8 nitrogen and oxygen atoms in total. The van der Waals surface area contributed by atoms with Crippen molar-refractivity contribution in [3.63, 3.8) is 0 Å². The van der Waals surface area contributed by atoms with Crippen molar-refractivity contribution in [3.05, 3.63) is 58.5 Å². The molecule has 2 N–H and O–H groups in total. The van der Waals surface area contributed by atoms with E-state index in [1.807, 2.05) is 0 Å². The summed E-state index contributed by atoms with van der Waals surface area (Å²) in [6.07, 6.45) is -3.66. The van der Waals surface area contributed by atoms with E-state index in [1.165, 1.54) is 6.07 Å². The lowest BCUT2D eigenvalue weighted by Gasteiger charge is -2.09. The van der Waals surface area contributed by atoms with Crippen molar-refractivity contribution in [2.24, 2.45) is 0 Å². The quantitative estimate of drug-likeness (QED) is 0.581. The molecule has 0 atom stereocenters. The van der Waals surface area contributed by atoms with Gasteiger partial charge in [0.1, 0.15) is 11.3 Å². The predicted molar refractivity (Wildman–Crippen MR) is 99.2 cm³/mol. The molecule has 0 aliphatic rings. The molecule has 0 aliphatic carbocycles. The van der Waals surface area contributed by atoms with Gasteiger partial charge in [0.15, 0.2) is 0 Å². The van der Waals surface area contributed by atoms with E-state index in [-0.39, 0.29) is 43.3 Å². The molecule has 3 aromatic rings. The predicted octanol–water partition coefficient (Wildman–Crippen LogP) is 1.82. The van der Waals surface area contributed by atoms with Crippen LogP contribution >= 0.6 is 0 Å². The van der Waals surface area contributed by atoms with Crippen LogP contribution in [0.2, 0.25) is 0 Å². The number of pyridine rings is 1. The van der Waals surface area contributed by atoms with Gasteiger partial charge in [0.05, 0.1) is 17.5 Å². The molecule has 2 aromatic heterocycles. The standard InChI is InChI=1S/C18H17F3N6O2/c19-18(20,21)12-5-6-15(24-11-12)22-8-9-23-16(28)7-10-27-17(29)13-3-1-2-4-14(13)25-26-27/h1-6,11H,7-10H2,(H,22,24)(H,23,28). The highest BCUT2D eigenvalue weighted by atomic mass is 19.4. The fraction of sp³-hybridized carbons (Fsp3) is 0.278. The van der Waals surface area contributed by atoms with E-state index in [0.717, 1.165) is 16.9 Å². The number of rotatable bonds is 7. The molecule has 1 amide bonds. The van der Waals surface area contributed by atoms with Crippen LogP contribution in [-0.2, 0) is 17.5 Å². The van der Waals surface area contributed by atoms with Crippen LogP contribution in [0.3, 0.4) is 0 Å². The van der Waals surface area contributed by atoms with E-state index in [9.17, 15) is 22.8 Å². The van der Waals surface area contributed by atoms with Gasteiger partial charge in [-0.25, -0.2) is 9.67 Å². The third kappa shape index (κ3) is 5.27. The van der Waals surface area contributed by atoms with Crippen molar-refractivity contribution >= 4 is 22.6 Å². The summed E-state index contributed by atoms with van der Waals surface area (Å²) in [7, 11) is 0. The number of carbonyl (C=O) groups excluding carboxylic acids is 1. The van der Waals surface area contributed by atoms with Gasteiger partial charge >= 0.3 is 6.18 Å². The topological polar surface area (TPSA) is 102 Å². The fourth-order valence-electron chi connectivity index (χ4n) is 2.52. The Balaban J connectivity index is 1.43. The summed E-state index contributed by atoms with van der Waals surface area (Å²) in [5, 5.41) is 13.6. The third-order valence-corrected chi connectivity index (χ3v) is 4.02. The largest absolute Gasteiger partial charge is 0.417 e. The number of anilines is 1. The SMILES string of the molecule is O=C(CCn1nnc2ccccc2c1=O)NCCNc1ccc(C(F)(F)F)cn1. The Hall–Kier alpha value is -3.50. The summed E-state index contributed by atoms with van der Waals surface area (Å²) in [5.41, 5.74) is -0.664. The van der Waals surface area contributed by atoms with Gasteiger partial charge in [0.2, 0.25) is 5.91 Å². The zero-order valence-electron chi connectivity index (χ0n) is 15.1. The lowest BCUT2D eigenvalue weighted by molar-refractivity contribution is -0.137. The molecule has 0 unspecified atom stereocenters. The van der Waals surface area contributed by atoms with Crippen LogP contribution in [0.25, 0.3) is 10.9 Å². The highest BCUT2D eigenvalue weighted by Gasteiger charge is 2.30. The number of nitrogens with one attached hydrogen (secondary N) is 2. The highest BCUT2D eigenvalue weighted by Crippen LogP contribution is 2.28. The van der Waals surface area contributed by atoms with Gasteiger partial charge in [-0.1, -0.05) is 17.3 Å². The van der Waals surface area contributed by atoms with E-state index >= 15 is 0 Å². The van der Waals surface area contributed by atoms with Crippen molar-refractivity contribution in [1.29, 1.82) is 0 Å². The van der Waals surface area contributed by atoms with Crippen molar-refractivity contribution in [3.8, 4) is 0 Å². The minimum atomic E-state index is -4.43. The number of aryl methyl sites for hydroxylation is 1. The van der Waals surface area contributed by atoms with Crippen LogP contribution in [0, 0.1) is 0 Å². The number of amides is 1. The molecule has 0 saturated carbocycles. The van der Waals surface area contributed by atoms with Crippen LogP contribution in [0.5, 0.6) is 0 Å². The van der Waals surface area contributed by atoms with Crippen LogP contribution in [0.15, 0.2) is 47.4 Å². The molecule has 0 bridgehead atoms. The summed E-state index contributed by atoms with van der Waals surface area (Å²) >= 11 is 0. The summed E-state index contributed by atoms with van der Waals surface area (Å²) in [5.74, 6) is -0.0284.